The van der Waals surface area contributed by atoms with E-state index in [9.17, 15) is 4.79 Å². The average molecular weight is 358 g/mol. The van der Waals surface area contributed by atoms with Gasteiger partial charge in [-0.3, -0.25) is 4.99 Å². The van der Waals surface area contributed by atoms with Crippen molar-refractivity contribution in [3.05, 3.63) is 0 Å². The normalized spacial score (nSPS) is 13.5. The number of hydrogen-bond acceptors (Lipinski definition) is 4. The number of amides is 1. The highest BCUT2D eigenvalue weighted by Gasteiger charge is 2.18. The Morgan fingerprint density at radius 2 is 1.88 bits per heavy atom. The standard InChI is InChI=1S/C18H39N5O2/c1-8-9-11-15(14-21-17(24)25-18(2,3)4)22-16(19-5)20-12-10-13-23(6)7/h15H,8-14H2,1-7H3,(H,21,24)(H2,19,20,22). The second-order valence-corrected chi connectivity index (χ2v) is 7.52. The Kier molecular flexibility index (Phi) is 12.0. The van der Waals surface area contributed by atoms with Gasteiger partial charge >= 0.3 is 6.09 Å². The van der Waals surface area contributed by atoms with Crippen LogP contribution >= 0.6 is 0 Å². The SMILES string of the molecule is CCCCC(CNC(=O)OC(C)(C)C)NC(=NC)NCCCN(C)C. The van der Waals surface area contributed by atoms with Gasteiger partial charge in [0.25, 0.3) is 0 Å². The Bertz CT molecular complexity index is 391. The number of aliphatic imine (C=N–C) groups is 1. The van der Waals surface area contributed by atoms with Crippen molar-refractivity contribution >= 4 is 12.1 Å². The fourth-order valence-corrected chi connectivity index (χ4v) is 2.19. The van der Waals surface area contributed by atoms with Gasteiger partial charge in [-0.15, -0.1) is 0 Å². The van der Waals surface area contributed by atoms with Crippen LogP contribution in [0.4, 0.5) is 4.79 Å². The molecule has 0 heterocycles. The Morgan fingerprint density at radius 1 is 1.20 bits per heavy atom. The number of carbonyl (C=O) groups is 1. The summed E-state index contributed by atoms with van der Waals surface area (Å²) < 4.78 is 5.30. The monoisotopic (exact) mass is 357 g/mol. The van der Waals surface area contributed by atoms with Crippen LogP contribution in [0.15, 0.2) is 4.99 Å². The molecule has 0 aliphatic carbocycles. The summed E-state index contributed by atoms with van der Waals surface area (Å²) in [7, 11) is 5.89. The molecule has 0 aromatic rings. The first-order valence-corrected chi connectivity index (χ1v) is 9.26. The summed E-state index contributed by atoms with van der Waals surface area (Å²) in [6, 6.07) is 0.118. The molecule has 1 amide bonds. The number of alkyl carbamates (subject to hydrolysis) is 1. The quantitative estimate of drug-likeness (QED) is 0.317. The van der Waals surface area contributed by atoms with E-state index in [1.807, 2.05) is 20.8 Å². The van der Waals surface area contributed by atoms with Gasteiger partial charge in [-0.05, 0) is 54.3 Å². The summed E-state index contributed by atoms with van der Waals surface area (Å²) in [5.41, 5.74) is -0.486. The number of nitrogens with one attached hydrogen (secondary N) is 3. The number of hydrogen-bond donors (Lipinski definition) is 3. The fraction of sp³-hybridized carbons (Fsp3) is 0.889. The highest BCUT2D eigenvalue weighted by Crippen LogP contribution is 2.07. The van der Waals surface area contributed by atoms with E-state index in [2.05, 4.69) is 46.9 Å². The zero-order valence-electron chi connectivity index (χ0n) is 17.2. The third kappa shape index (κ3) is 14.5. The van der Waals surface area contributed by atoms with Crippen molar-refractivity contribution in [2.75, 3.05) is 40.8 Å². The van der Waals surface area contributed by atoms with E-state index < -0.39 is 5.60 Å². The topological polar surface area (TPSA) is 78.0 Å². The second-order valence-electron chi connectivity index (χ2n) is 7.52. The molecular weight excluding hydrogens is 318 g/mol. The minimum atomic E-state index is -0.486. The van der Waals surface area contributed by atoms with Crippen molar-refractivity contribution in [2.24, 2.45) is 4.99 Å². The molecule has 0 saturated carbocycles. The molecule has 0 aliphatic heterocycles. The van der Waals surface area contributed by atoms with Crippen LogP contribution in [0.3, 0.4) is 0 Å². The van der Waals surface area contributed by atoms with Crippen LogP contribution in [0.1, 0.15) is 53.4 Å². The predicted octanol–water partition coefficient (Wildman–Crippen LogP) is 2.19. The van der Waals surface area contributed by atoms with E-state index in [1.54, 1.807) is 7.05 Å². The molecule has 1 unspecified atom stereocenters. The summed E-state index contributed by atoms with van der Waals surface area (Å²) in [6.45, 7) is 10.1. The van der Waals surface area contributed by atoms with Gasteiger partial charge < -0.3 is 25.6 Å². The predicted molar refractivity (Wildman–Crippen MR) is 105 cm³/mol. The molecule has 0 saturated heterocycles. The van der Waals surface area contributed by atoms with Gasteiger partial charge in [0.15, 0.2) is 5.96 Å². The molecule has 0 rings (SSSR count). The Labute approximate surface area is 154 Å². The maximum atomic E-state index is 11.9. The largest absolute Gasteiger partial charge is 0.444 e. The molecule has 0 aromatic carbocycles. The molecule has 3 N–H and O–H groups in total. The molecule has 25 heavy (non-hydrogen) atoms. The highest BCUT2D eigenvalue weighted by molar-refractivity contribution is 5.80. The lowest BCUT2D eigenvalue weighted by molar-refractivity contribution is 0.0523. The number of unbranched alkanes of at least 4 members (excludes halogenated alkanes) is 1. The van der Waals surface area contributed by atoms with E-state index >= 15 is 0 Å². The van der Waals surface area contributed by atoms with Crippen LogP contribution in [-0.4, -0.2) is 69.4 Å². The zero-order chi connectivity index (χ0) is 19.3. The highest BCUT2D eigenvalue weighted by atomic mass is 16.6. The Balaban J connectivity index is 4.40. The number of rotatable bonds is 10. The van der Waals surface area contributed by atoms with Crippen molar-refractivity contribution in [3.63, 3.8) is 0 Å². The van der Waals surface area contributed by atoms with Gasteiger partial charge in [-0.1, -0.05) is 19.8 Å². The lowest BCUT2D eigenvalue weighted by atomic mass is 10.1. The minimum Gasteiger partial charge on any atom is -0.444 e. The first-order chi connectivity index (χ1) is 11.7. The van der Waals surface area contributed by atoms with E-state index in [1.165, 1.54) is 0 Å². The molecule has 0 bridgehead atoms. The molecule has 0 aromatic heterocycles. The summed E-state index contributed by atoms with van der Waals surface area (Å²) >= 11 is 0. The van der Waals surface area contributed by atoms with Crippen LogP contribution in [0.2, 0.25) is 0 Å². The number of guanidine groups is 1. The van der Waals surface area contributed by atoms with E-state index in [0.717, 1.165) is 44.7 Å². The van der Waals surface area contributed by atoms with Crippen LogP contribution < -0.4 is 16.0 Å². The summed E-state index contributed by atoms with van der Waals surface area (Å²) in [5, 5.41) is 9.57. The fourth-order valence-electron chi connectivity index (χ4n) is 2.19. The van der Waals surface area contributed by atoms with Crippen molar-refractivity contribution in [1.82, 2.24) is 20.9 Å². The molecule has 0 fully saturated rings. The lowest BCUT2D eigenvalue weighted by Crippen LogP contribution is -2.49. The summed E-state index contributed by atoms with van der Waals surface area (Å²) in [6.07, 6.45) is 3.82. The number of carbonyl (C=O) groups excluding carboxylic acids is 1. The molecule has 0 aliphatic rings. The van der Waals surface area contributed by atoms with Gasteiger partial charge in [-0.25, -0.2) is 4.79 Å². The minimum absolute atomic E-state index is 0.118. The van der Waals surface area contributed by atoms with Crippen molar-refractivity contribution < 1.29 is 9.53 Å². The maximum Gasteiger partial charge on any atom is 0.407 e. The summed E-state index contributed by atoms with van der Waals surface area (Å²) in [4.78, 5) is 18.3. The molecule has 0 radical (unpaired) electrons. The second kappa shape index (κ2) is 12.8. The van der Waals surface area contributed by atoms with Crippen LogP contribution in [0.5, 0.6) is 0 Å². The van der Waals surface area contributed by atoms with Crippen LogP contribution in [0, 0.1) is 0 Å². The molecule has 7 heteroatoms. The van der Waals surface area contributed by atoms with Gasteiger partial charge in [0.1, 0.15) is 5.60 Å². The van der Waals surface area contributed by atoms with Gasteiger partial charge in [0, 0.05) is 26.2 Å². The lowest BCUT2D eigenvalue weighted by Gasteiger charge is -2.24. The zero-order valence-corrected chi connectivity index (χ0v) is 17.2. The average Bonchev–Trinajstić information content (AvgIpc) is 2.50. The van der Waals surface area contributed by atoms with E-state index in [-0.39, 0.29) is 12.1 Å². The van der Waals surface area contributed by atoms with Crippen molar-refractivity contribution in [3.8, 4) is 0 Å². The Hall–Kier alpha value is -1.50. The molecular formula is C18H39N5O2. The third-order valence-electron chi connectivity index (χ3n) is 3.44. The van der Waals surface area contributed by atoms with Gasteiger partial charge in [0.05, 0.1) is 0 Å². The van der Waals surface area contributed by atoms with E-state index in [4.69, 9.17) is 4.74 Å². The van der Waals surface area contributed by atoms with Crippen molar-refractivity contribution in [1.29, 1.82) is 0 Å². The third-order valence-corrected chi connectivity index (χ3v) is 3.44. The number of ether oxygens (including phenoxy) is 1. The first-order valence-electron chi connectivity index (χ1n) is 9.26. The van der Waals surface area contributed by atoms with Crippen LogP contribution in [-0.2, 0) is 4.74 Å². The molecule has 7 nitrogen and oxygen atoms in total. The van der Waals surface area contributed by atoms with E-state index in [0.29, 0.717) is 6.54 Å². The smallest absolute Gasteiger partial charge is 0.407 e. The maximum absolute atomic E-state index is 11.9. The summed E-state index contributed by atoms with van der Waals surface area (Å²) in [5.74, 6) is 0.769. The Morgan fingerprint density at radius 3 is 2.40 bits per heavy atom. The molecule has 0 spiro atoms. The van der Waals surface area contributed by atoms with Crippen molar-refractivity contribution in [2.45, 2.75) is 65.0 Å². The number of nitrogens with zero attached hydrogens (tertiary/aromatic N) is 2. The van der Waals surface area contributed by atoms with Gasteiger partial charge in [-0.2, -0.15) is 0 Å². The first kappa shape index (κ1) is 23.5. The van der Waals surface area contributed by atoms with Gasteiger partial charge in [0.2, 0.25) is 0 Å². The molecule has 1 atom stereocenters. The molecule has 148 valence electrons. The van der Waals surface area contributed by atoms with Crippen LogP contribution in [0.25, 0.3) is 0 Å².